The zero-order valence-electron chi connectivity index (χ0n) is 20.4. The summed E-state index contributed by atoms with van der Waals surface area (Å²) in [4.78, 5) is 2.23. The van der Waals surface area contributed by atoms with Crippen LogP contribution in [0, 0.1) is 0 Å². The Morgan fingerprint density at radius 2 is 1.50 bits per heavy atom. The molecule has 0 radical (unpaired) electrons. The van der Waals surface area contributed by atoms with Gasteiger partial charge in [0, 0.05) is 19.4 Å². The highest BCUT2D eigenvalue weighted by Gasteiger charge is 2.48. The van der Waals surface area contributed by atoms with Crippen LogP contribution >= 0.6 is 0 Å². The van der Waals surface area contributed by atoms with E-state index in [0.29, 0.717) is 25.9 Å². The minimum atomic E-state index is -0.837. The molecule has 34 heavy (non-hydrogen) atoms. The third-order valence-electron chi connectivity index (χ3n) is 6.84. The monoisotopic (exact) mass is 461 g/mol. The summed E-state index contributed by atoms with van der Waals surface area (Å²) in [5, 5.41) is 11.6. The summed E-state index contributed by atoms with van der Waals surface area (Å²) in [6.07, 6.45) is 2.58. The highest BCUT2D eigenvalue weighted by atomic mass is 16.5. The van der Waals surface area contributed by atoms with Crippen molar-refractivity contribution in [2.75, 3.05) is 20.7 Å². The molecular formula is C29H35NO4. The van der Waals surface area contributed by atoms with Gasteiger partial charge in [-0.3, -0.25) is 4.90 Å². The predicted molar refractivity (Wildman–Crippen MR) is 134 cm³/mol. The predicted octanol–water partition coefficient (Wildman–Crippen LogP) is 5.46. The summed E-state index contributed by atoms with van der Waals surface area (Å²) in [6, 6.07) is 25.8. The largest absolute Gasteiger partial charge is 0.497 e. The molecule has 0 spiro atoms. The second-order valence-corrected chi connectivity index (χ2v) is 9.25. The topological polar surface area (TPSA) is 51.2 Å². The fraction of sp³-hybridized carbons (Fsp3) is 0.379. The normalized spacial score (nSPS) is 22.8. The standard InChI is InChI=1S/C29H35NO4/c1-4-29(34-27-16-14-26(15-17-27)33-21-24-8-6-5-7-9-24)22-28(31,18-19-30(29)2)20-23-10-12-25(32-3)13-11-23/h5-17,31H,4,18-22H2,1-3H3. The number of piperidine rings is 1. The van der Waals surface area contributed by atoms with Gasteiger partial charge in [-0.15, -0.1) is 0 Å². The maximum Gasteiger partial charge on any atom is 0.165 e. The Morgan fingerprint density at radius 1 is 0.853 bits per heavy atom. The lowest BCUT2D eigenvalue weighted by Gasteiger charge is -2.50. The first kappa shape index (κ1) is 24.1. The minimum absolute atomic E-state index is 0.529. The van der Waals surface area contributed by atoms with Crippen molar-refractivity contribution >= 4 is 0 Å². The smallest absolute Gasteiger partial charge is 0.165 e. The van der Waals surface area contributed by atoms with E-state index in [9.17, 15) is 5.11 Å². The molecule has 3 aromatic rings. The SMILES string of the molecule is CCC1(Oc2ccc(OCc3ccccc3)cc2)CC(O)(Cc2ccc(OC)cc2)CCN1C. The summed E-state index contributed by atoms with van der Waals surface area (Å²) in [6.45, 7) is 3.41. The van der Waals surface area contributed by atoms with Gasteiger partial charge >= 0.3 is 0 Å². The van der Waals surface area contributed by atoms with Gasteiger partial charge in [-0.05, 0) is 67.4 Å². The van der Waals surface area contributed by atoms with Crippen LogP contribution in [0.25, 0.3) is 0 Å². The third-order valence-corrected chi connectivity index (χ3v) is 6.84. The second kappa shape index (κ2) is 10.5. The molecule has 2 unspecified atom stereocenters. The van der Waals surface area contributed by atoms with Crippen molar-refractivity contribution < 1.29 is 19.3 Å². The van der Waals surface area contributed by atoms with E-state index in [0.717, 1.165) is 41.3 Å². The molecular weight excluding hydrogens is 426 g/mol. The highest BCUT2D eigenvalue weighted by molar-refractivity contribution is 5.32. The van der Waals surface area contributed by atoms with Crippen molar-refractivity contribution in [3.63, 3.8) is 0 Å². The van der Waals surface area contributed by atoms with Gasteiger partial charge in [0.25, 0.3) is 0 Å². The average molecular weight is 462 g/mol. The molecule has 2 atom stereocenters. The first-order valence-corrected chi connectivity index (χ1v) is 12.0. The Hall–Kier alpha value is -3.02. The molecule has 5 nitrogen and oxygen atoms in total. The number of methoxy groups -OCH3 is 1. The molecule has 0 aromatic heterocycles. The number of nitrogens with zero attached hydrogens (tertiary/aromatic N) is 1. The molecule has 1 fully saturated rings. The van der Waals surface area contributed by atoms with E-state index in [4.69, 9.17) is 14.2 Å². The van der Waals surface area contributed by atoms with E-state index in [1.165, 1.54) is 0 Å². The Labute approximate surface area is 202 Å². The number of hydrogen-bond donors (Lipinski definition) is 1. The van der Waals surface area contributed by atoms with Crippen LogP contribution in [0.2, 0.25) is 0 Å². The van der Waals surface area contributed by atoms with E-state index in [1.54, 1.807) is 7.11 Å². The van der Waals surface area contributed by atoms with Crippen LogP contribution < -0.4 is 14.2 Å². The lowest BCUT2D eigenvalue weighted by Crippen LogP contribution is -2.61. The Balaban J connectivity index is 1.43. The first-order valence-electron chi connectivity index (χ1n) is 12.0. The molecule has 0 amide bonds. The number of ether oxygens (including phenoxy) is 3. The average Bonchev–Trinajstić information content (AvgIpc) is 2.87. The molecule has 3 aromatic carbocycles. The molecule has 1 saturated heterocycles. The van der Waals surface area contributed by atoms with Crippen LogP contribution in [0.4, 0.5) is 0 Å². The zero-order valence-corrected chi connectivity index (χ0v) is 20.4. The van der Waals surface area contributed by atoms with Gasteiger partial charge < -0.3 is 19.3 Å². The number of likely N-dealkylation sites (tertiary alicyclic amines) is 1. The zero-order chi connectivity index (χ0) is 24.0. The number of hydrogen-bond acceptors (Lipinski definition) is 5. The van der Waals surface area contributed by atoms with Crippen LogP contribution in [-0.4, -0.2) is 42.0 Å². The maximum absolute atomic E-state index is 11.6. The van der Waals surface area contributed by atoms with Crippen molar-refractivity contribution in [1.29, 1.82) is 0 Å². The van der Waals surface area contributed by atoms with Gasteiger partial charge in [-0.25, -0.2) is 0 Å². The van der Waals surface area contributed by atoms with Crippen LogP contribution in [-0.2, 0) is 13.0 Å². The van der Waals surface area contributed by atoms with Crippen molar-refractivity contribution in [2.45, 2.75) is 50.5 Å². The molecule has 0 saturated carbocycles. The molecule has 4 rings (SSSR count). The molecule has 1 aliphatic heterocycles. The summed E-state index contributed by atoms with van der Waals surface area (Å²) in [5.74, 6) is 2.39. The summed E-state index contributed by atoms with van der Waals surface area (Å²) in [7, 11) is 3.74. The fourth-order valence-corrected chi connectivity index (χ4v) is 4.74. The third kappa shape index (κ3) is 5.72. The second-order valence-electron chi connectivity index (χ2n) is 9.25. The highest BCUT2D eigenvalue weighted by Crippen LogP contribution is 2.40. The van der Waals surface area contributed by atoms with Gasteiger partial charge in [0.2, 0.25) is 0 Å². The molecule has 5 heteroatoms. The molecule has 1 N–H and O–H groups in total. The molecule has 1 heterocycles. The van der Waals surface area contributed by atoms with E-state index >= 15 is 0 Å². The van der Waals surface area contributed by atoms with Crippen molar-refractivity contribution in [3.8, 4) is 17.2 Å². The van der Waals surface area contributed by atoms with E-state index in [2.05, 4.69) is 31.0 Å². The lowest BCUT2D eigenvalue weighted by molar-refractivity contribution is -0.166. The van der Waals surface area contributed by atoms with Gasteiger partial charge in [-0.1, -0.05) is 49.4 Å². The van der Waals surface area contributed by atoms with Gasteiger partial charge in [0.05, 0.1) is 12.7 Å². The molecule has 0 aliphatic carbocycles. The van der Waals surface area contributed by atoms with E-state index in [1.807, 2.05) is 66.7 Å². The van der Waals surface area contributed by atoms with Crippen molar-refractivity contribution in [2.24, 2.45) is 0 Å². The van der Waals surface area contributed by atoms with Gasteiger partial charge in [-0.2, -0.15) is 0 Å². The molecule has 180 valence electrons. The number of rotatable bonds is 9. The van der Waals surface area contributed by atoms with Gasteiger partial charge in [0.1, 0.15) is 23.9 Å². The minimum Gasteiger partial charge on any atom is -0.497 e. The van der Waals surface area contributed by atoms with Gasteiger partial charge in [0.15, 0.2) is 5.72 Å². The van der Waals surface area contributed by atoms with Crippen LogP contribution in [0.15, 0.2) is 78.9 Å². The van der Waals surface area contributed by atoms with E-state index in [-0.39, 0.29) is 0 Å². The van der Waals surface area contributed by atoms with Crippen LogP contribution in [0.1, 0.15) is 37.3 Å². The number of aliphatic hydroxyl groups is 1. The van der Waals surface area contributed by atoms with Crippen LogP contribution in [0.5, 0.6) is 17.2 Å². The molecule has 0 bridgehead atoms. The lowest BCUT2D eigenvalue weighted by atomic mass is 9.79. The fourth-order valence-electron chi connectivity index (χ4n) is 4.74. The quantitative estimate of drug-likeness (QED) is 0.459. The Bertz CT molecular complexity index is 1040. The Kier molecular flexibility index (Phi) is 7.44. The van der Waals surface area contributed by atoms with E-state index < -0.39 is 11.3 Å². The summed E-state index contributed by atoms with van der Waals surface area (Å²) >= 11 is 0. The summed E-state index contributed by atoms with van der Waals surface area (Å²) < 4.78 is 17.8. The maximum atomic E-state index is 11.6. The summed E-state index contributed by atoms with van der Waals surface area (Å²) in [5.41, 5.74) is 0.812. The number of benzene rings is 3. The Morgan fingerprint density at radius 3 is 2.15 bits per heavy atom. The van der Waals surface area contributed by atoms with Crippen LogP contribution in [0.3, 0.4) is 0 Å². The first-order chi connectivity index (χ1) is 16.4. The molecule has 1 aliphatic rings. The van der Waals surface area contributed by atoms with Crippen molar-refractivity contribution in [1.82, 2.24) is 4.90 Å². The van der Waals surface area contributed by atoms with Crippen molar-refractivity contribution in [3.05, 3.63) is 90.0 Å².